The van der Waals surface area contributed by atoms with Crippen LogP contribution in [0.1, 0.15) is 30.4 Å². The van der Waals surface area contributed by atoms with Crippen LogP contribution in [-0.2, 0) is 16.1 Å². The number of carbonyl (C=O) groups is 2. The average Bonchev–Trinajstić information content (AvgIpc) is 2.77. The van der Waals surface area contributed by atoms with Crippen molar-refractivity contribution >= 4 is 28.7 Å². The molecule has 0 fully saturated rings. The average molecular weight is 437 g/mol. The molecule has 1 heterocycles. The predicted octanol–water partition coefficient (Wildman–Crippen LogP) is 3.46. The van der Waals surface area contributed by atoms with Crippen LogP contribution in [0.3, 0.4) is 0 Å². The standard InChI is InChI=1S/C24H27N3O5/c1-16-13-22(28)32-21-14-18(10-11-19(16)21)27-23(29)20(25)9-5-6-12-26-24(30)31-15-17-7-3-2-4-8-17/h2-4,7-8,10-11,13-14,20H,5-6,9,12,15,25H2,1H3,(H,26,30)(H,27,29)/t20-/m0/s1. The Morgan fingerprint density at radius 1 is 1.09 bits per heavy atom. The van der Waals surface area contributed by atoms with Crippen LogP contribution >= 0.6 is 0 Å². The van der Waals surface area contributed by atoms with E-state index in [4.69, 9.17) is 14.9 Å². The van der Waals surface area contributed by atoms with E-state index in [1.165, 1.54) is 6.07 Å². The van der Waals surface area contributed by atoms with Crippen LogP contribution in [0.15, 0.2) is 63.8 Å². The fourth-order valence-electron chi connectivity index (χ4n) is 3.22. The summed E-state index contributed by atoms with van der Waals surface area (Å²) in [5, 5.41) is 6.24. The molecule has 1 atom stereocenters. The number of aryl methyl sites for hydroxylation is 1. The van der Waals surface area contributed by atoms with E-state index in [2.05, 4.69) is 10.6 Å². The Morgan fingerprint density at radius 3 is 2.66 bits per heavy atom. The monoisotopic (exact) mass is 437 g/mol. The molecule has 0 aliphatic heterocycles. The molecule has 0 spiro atoms. The zero-order valence-electron chi connectivity index (χ0n) is 17.9. The number of hydrogen-bond donors (Lipinski definition) is 3. The van der Waals surface area contributed by atoms with Gasteiger partial charge in [-0.25, -0.2) is 9.59 Å². The lowest BCUT2D eigenvalue weighted by molar-refractivity contribution is -0.117. The first-order chi connectivity index (χ1) is 15.4. The molecule has 8 heteroatoms. The number of hydrogen-bond acceptors (Lipinski definition) is 6. The molecule has 0 unspecified atom stereocenters. The van der Waals surface area contributed by atoms with Gasteiger partial charge in [0, 0.05) is 29.8 Å². The van der Waals surface area contributed by atoms with Gasteiger partial charge in [-0.1, -0.05) is 30.3 Å². The quantitative estimate of drug-likeness (QED) is 0.348. The highest BCUT2D eigenvalue weighted by atomic mass is 16.5. The predicted molar refractivity (Wildman–Crippen MR) is 122 cm³/mol. The second-order valence-electron chi connectivity index (χ2n) is 7.54. The van der Waals surface area contributed by atoms with Crippen molar-refractivity contribution in [3.8, 4) is 0 Å². The molecule has 0 saturated heterocycles. The first-order valence-electron chi connectivity index (χ1n) is 10.5. The Labute approximate surface area is 185 Å². The molecule has 2 amide bonds. The smallest absolute Gasteiger partial charge is 0.407 e. The molecule has 1 aromatic heterocycles. The van der Waals surface area contributed by atoms with Gasteiger partial charge in [-0.2, -0.15) is 0 Å². The summed E-state index contributed by atoms with van der Waals surface area (Å²) in [5.41, 5.74) is 8.19. The number of anilines is 1. The fraction of sp³-hybridized carbons (Fsp3) is 0.292. The van der Waals surface area contributed by atoms with Gasteiger partial charge in [-0.3, -0.25) is 4.79 Å². The number of unbranched alkanes of at least 4 members (excludes halogenated alkanes) is 1. The van der Waals surface area contributed by atoms with Crippen LogP contribution in [0.25, 0.3) is 11.0 Å². The molecule has 0 bridgehead atoms. The highest BCUT2D eigenvalue weighted by Gasteiger charge is 2.14. The first kappa shape index (κ1) is 23.0. The van der Waals surface area contributed by atoms with Crippen molar-refractivity contribution in [3.05, 3.63) is 76.1 Å². The van der Waals surface area contributed by atoms with Crippen molar-refractivity contribution < 1.29 is 18.7 Å². The lowest BCUT2D eigenvalue weighted by atomic mass is 10.1. The second-order valence-corrected chi connectivity index (χ2v) is 7.54. The summed E-state index contributed by atoms with van der Waals surface area (Å²) in [6, 6.07) is 15.3. The van der Waals surface area contributed by atoms with Crippen molar-refractivity contribution in [3.63, 3.8) is 0 Å². The van der Waals surface area contributed by atoms with Crippen LogP contribution in [-0.4, -0.2) is 24.6 Å². The Bertz CT molecular complexity index is 1130. The number of nitrogens with two attached hydrogens (primary N) is 1. The number of benzene rings is 2. The molecule has 3 rings (SSSR count). The number of ether oxygens (including phenoxy) is 1. The van der Waals surface area contributed by atoms with E-state index in [1.54, 1.807) is 18.2 Å². The molecule has 0 aliphatic rings. The van der Waals surface area contributed by atoms with Gasteiger partial charge in [0.25, 0.3) is 0 Å². The number of nitrogens with one attached hydrogen (secondary N) is 2. The van der Waals surface area contributed by atoms with Crippen molar-refractivity contribution in [2.45, 2.75) is 38.8 Å². The van der Waals surface area contributed by atoms with Gasteiger partial charge in [0.05, 0.1) is 6.04 Å². The van der Waals surface area contributed by atoms with E-state index in [0.717, 1.165) is 16.5 Å². The third-order valence-electron chi connectivity index (χ3n) is 4.98. The SMILES string of the molecule is Cc1cc(=O)oc2cc(NC(=O)[C@@H](N)CCCCNC(=O)OCc3ccccc3)ccc12. The van der Waals surface area contributed by atoms with Gasteiger partial charge in [-0.15, -0.1) is 0 Å². The van der Waals surface area contributed by atoms with Crippen LogP contribution < -0.4 is 22.0 Å². The van der Waals surface area contributed by atoms with Gasteiger partial charge in [0.15, 0.2) is 0 Å². The molecular formula is C24H27N3O5. The summed E-state index contributed by atoms with van der Waals surface area (Å²) < 4.78 is 10.3. The number of carbonyl (C=O) groups excluding carboxylic acids is 2. The highest BCUT2D eigenvalue weighted by Crippen LogP contribution is 2.21. The third-order valence-corrected chi connectivity index (χ3v) is 4.98. The zero-order valence-corrected chi connectivity index (χ0v) is 17.9. The Balaban J connectivity index is 1.36. The van der Waals surface area contributed by atoms with E-state index in [0.29, 0.717) is 37.1 Å². The molecule has 0 radical (unpaired) electrons. The number of fused-ring (bicyclic) bond motifs is 1. The second kappa shape index (κ2) is 11.1. The summed E-state index contributed by atoms with van der Waals surface area (Å²) in [6.07, 6.45) is 1.32. The Morgan fingerprint density at radius 2 is 1.88 bits per heavy atom. The molecule has 3 aromatic rings. The number of amides is 2. The maximum Gasteiger partial charge on any atom is 0.407 e. The first-order valence-corrected chi connectivity index (χ1v) is 10.5. The molecular weight excluding hydrogens is 410 g/mol. The summed E-state index contributed by atoms with van der Waals surface area (Å²) in [7, 11) is 0. The number of alkyl carbamates (subject to hydrolysis) is 1. The molecule has 32 heavy (non-hydrogen) atoms. The summed E-state index contributed by atoms with van der Waals surface area (Å²) in [6.45, 7) is 2.48. The lowest BCUT2D eigenvalue weighted by Crippen LogP contribution is -2.35. The topological polar surface area (TPSA) is 124 Å². The maximum absolute atomic E-state index is 12.4. The Kier molecular flexibility index (Phi) is 7.99. The van der Waals surface area contributed by atoms with E-state index in [9.17, 15) is 14.4 Å². The number of rotatable bonds is 9. The minimum Gasteiger partial charge on any atom is -0.445 e. The molecule has 8 nitrogen and oxygen atoms in total. The van der Waals surface area contributed by atoms with Gasteiger partial charge >= 0.3 is 11.7 Å². The van der Waals surface area contributed by atoms with E-state index >= 15 is 0 Å². The van der Waals surface area contributed by atoms with Crippen molar-refractivity contribution in [1.82, 2.24) is 5.32 Å². The minimum atomic E-state index is -0.694. The van der Waals surface area contributed by atoms with E-state index in [-0.39, 0.29) is 12.5 Å². The van der Waals surface area contributed by atoms with Gasteiger partial charge in [-0.05, 0) is 49.4 Å². The van der Waals surface area contributed by atoms with Gasteiger partial charge in [0.2, 0.25) is 5.91 Å². The van der Waals surface area contributed by atoms with Crippen LogP contribution in [0.2, 0.25) is 0 Å². The summed E-state index contributed by atoms with van der Waals surface area (Å²) in [5.74, 6) is -0.324. The van der Waals surface area contributed by atoms with Crippen molar-refractivity contribution in [2.24, 2.45) is 5.73 Å². The molecule has 4 N–H and O–H groups in total. The lowest BCUT2D eigenvalue weighted by Gasteiger charge is -2.13. The minimum absolute atomic E-state index is 0.218. The van der Waals surface area contributed by atoms with E-state index in [1.807, 2.05) is 37.3 Å². The molecule has 168 valence electrons. The molecule has 2 aromatic carbocycles. The van der Waals surface area contributed by atoms with Crippen LogP contribution in [0.5, 0.6) is 0 Å². The Hall–Kier alpha value is -3.65. The summed E-state index contributed by atoms with van der Waals surface area (Å²) >= 11 is 0. The fourth-order valence-corrected chi connectivity index (χ4v) is 3.22. The zero-order chi connectivity index (χ0) is 22.9. The molecule has 0 aliphatic carbocycles. The third kappa shape index (κ3) is 6.68. The van der Waals surface area contributed by atoms with Crippen molar-refractivity contribution in [1.29, 1.82) is 0 Å². The van der Waals surface area contributed by atoms with E-state index < -0.39 is 17.8 Å². The van der Waals surface area contributed by atoms with Crippen LogP contribution in [0, 0.1) is 6.92 Å². The summed E-state index contributed by atoms with van der Waals surface area (Å²) in [4.78, 5) is 35.6. The highest BCUT2D eigenvalue weighted by molar-refractivity contribution is 5.96. The maximum atomic E-state index is 12.4. The van der Waals surface area contributed by atoms with Crippen LogP contribution in [0.4, 0.5) is 10.5 Å². The van der Waals surface area contributed by atoms with Crippen molar-refractivity contribution in [2.75, 3.05) is 11.9 Å². The largest absolute Gasteiger partial charge is 0.445 e. The molecule has 0 saturated carbocycles. The normalized spacial score (nSPS) is 11.7. The van der Waals surface area contributed by atoms with Gasteiger partial charge < -0.3 is 25.5 Å². The van der Waals surface area contributed by atoms with Gasteiger partial charge in [0.1, 0.15) is 12.2 Å².